The molecule has 10 aromatic carbocycles. The van der Waals surface area contributed by atoms with E-state index in [4.69, 9.17) is 9.97 Å². The van der Waals surface area contributed by atoms with Crippen molar-refractivity contribution in [2.75, 3.05) is 0 Å². The zero-order valence-electron chi connectivity index (χ0n) is 32.9. The van der Waals surface area contributed by atoms with Gasteiger partial charge in [-0.3, -0.25) is 0 Å². The molecule has 0 saturated carbocycles. The predicted molar refractivity (Wildman–Crippen MR) is 248 cm³/mol. The Morgan fingerprint density at radius 1 is 0.322 bits per heavy atom. The highest BCUT2D eigenvalue weighted by molar-refractivity contribution is 6.25. The van der Waals surface area contributed by atoms with Crippen molar-refractivity contribution in [2.45, 2.75) is 19.3 Å². The summed E-state index contributed by atoms with van der Waals surface area (Å²) in [6.45, 7) is 4.71. The SMILES string of the molecule is CC1(C)c2cc(-c3ccc4ccccc4c3)ccc2-c2ccc(-c3cc(-c4ccc(-c5ccc6ccc7cccc8ccc5c6c78)cc4)nc(-c4ccccc4)n3)cc21. The number of benzene rings is 10. The molecule has 12 rings (SSSR count). The zero-order valence-corrected chi connectivity index (χ0v) is 32.9. The Bertz CT molecular complexity index is 3430. The van der Waals surface area contributed by atoms with E-state index < -0.39 is 0 Å². The first kappa shape index (κ1) is 33.7. The van der Waals surface area contributed by atoms with Crippen LogP contribution in [0.1, 0.15) is 25.0 Å². The fraction of sp³-hybridized carbons (Fsp3) is 0.0526. The van der Waals surface area contributed by atoms with E-state index in [1.807, 2.05) is 6.07 Å². The van der Waals surface area contributed by atoms with E-state index >= 15 is 0 Å². The summed E-state index contributed by atoms with van der Waals surface area (Å²) in [6, 6.07) is 70.8. The van der Waals surface area contributed by atoms with Crippen molar-refractivity contribution in [1.29, 1.82) is 0 Å². The molecule has 0 radical (unpaired) electrons. The minimum atomic E-state index is -0.188. The summed E-state index contributed by atoms with van der Waals surface area (Å²) in [4.78, 5) is 10.4. The second-order valence-electron chi connectivity index (χ2n) is 16.6. The smallest absolute Gasteiger partial charge is 0.160 e. The molecule has 1 aliphatic carbocycles. The Kier molecular flexibility index (Phi) is 7.31. The van der Waals surface area contributed by atoms with Crippen molar-refractivity contribution in [1.82, 2.24) is 9.97 Å². The van der Waals surface area contributed by atoms with Gasteiger partial charge in [-0.25, -0.2) is 9.97 Å². The Morgan fingerprint density at radius 3 is 1.59 bits per heavy atom. The molecule has 1 aromatic heterocycles. The fourth-order valence-corrected chi connectivity index (χ4v) is 9.71. The first-order chi connectivity index (χ1) is 29.0. The van der Waals surface area contributed by atoms with Crippen molar-refractivity contribution in [2.24, 2.45) is 0 Å². The quantitative estimate of drug-likeness (QED) is 0.164. The van der Waals surface area contributed by atoms with Gasteiger partial charge in [0.2, 0.25) is 0 Å². The van der Waals surface area contributed by atoms with Gasteiger partial charge in [-0.05, 0) is 112 Å². The van der Waals surface area contributed by atoms with Crippen molar-refractivity contribution >= 4 is 43.1 Å². The Hall–Kier alpha value is -7.42. The molecule has 0 bridgehead atoms. The Balaban J connectivity index is 0.932. The topological polar surface area (TPSA) is 25.8 Å². The van der Waals surface area contributed by atoms with Gasteiger partial charge in [-0.1, -0.05) is 184 Å². The third-order valence-electron chi connectivity index (χ3n) is 12.8. The molecule has 2 heteroatoms. The van der Waals surface area contributed by atoms with Gasteiger partial charge in [0.1, 0.15) is 0 Å². The molecule has 0 amide bonds. The summed E-state index contributed by atoms with van der Waals surface area (Å²) in [5.41, 5.74) is 14.9. The summed E-state index contributed by atoms with van der Waals surface area (Å²) in [7, 11) is 0. The summed E-state index contributed by atoms with van der Waals surface area (Å²) in [5.74, 6) is 0.719. The average Bonchev–Trinajstić information content (AvgIpc) is 3.52. The maximum atomic E-state index is 5.23. The van der Waals surface area contributed by atoms with E-state index in [1.54, 1.807) is 0 Å². The van der Waals surface area contributed by atoms with Crippen LogP contribution in [0.4, 0.5) is 0 Å². The lowest BCUT2D eigenvalue weighted by Crippen LogP contribution is -2.15. The lowest BCUT2D eigenvalue weighted by Gasteiger charge is -2.22. The lowest BCUT2D eigenvalue weighted by atomic mass is 9.81. The van der Waals surface area contributed by atoms with Gasteiger partial charge in [-0.15, -0.1) is 0 Å². The largest absolute Gasteiger partial charge is 0.228 e. The van der Waals surface area contributed by atoms with E-state index in [1.165, 1.54) is 87.6 Å². The van der Waals surface area contributed by atoms with Crippen LogP contribution in [0.3, 0.4) is 0 Å². The molecule has 0 atom stereocenters. The summed E-state index contributed by atoms with van der Waals surface area (Å²) in [5, 5.41) is 10.3. The molecular weight excluding hydrogens is 713 g/mol. The standard InChI is InChI=1S/C57H38N2/c1-57(2)50-32-44(43-22-15-35-9-6-7-12-42(35)31-43)25-28-47(50)48-29-26-45(33-51(48)57)53-34-52(58-56(59-53)41-10-4-3-5-11-41)37-18-16-36(17-19-37)46-27-23-40-21-20-38-13-8-14-39-24-30-49(46)55(40)54(38)39/h3-34H,1-2H3. The van der Waals surface area contributed by atoms with Crippen LogP contribution >= 0.6 is 0 Å². The summed E-state index contributed by atoms with van der Waals surface area (Å²) < 4.78 is 0. The molecule has 0 N–H and O–H groups in total. The molecule has 0 spiro atoms. The minimum Gasteiger partial charge on any atom is -0.228 e. The van der Waals surface area contributed by atoms with E-state index in [9.17, 15) is 0 Å². The number of hydrogen-bond donors (Lipinski definition) is 0. The highest BCUT2D eigenvalue weighted by Crippen LogP contribution is 2.51. The van der Waals surface area contributed by atoms with Crippen LogP contribution in [0.5, 0.6) is 0 Å². The van der Waals surface area contributed by atoms with Gasteiger partial charge in [0.15, 0.2) is 5.82 Å². The minimum absolute atomic E-state index is 0.188. The van der Waals surface area contributed by atoms with Crippen LogP contribution in [0.2, 0.25) is 0 Å². The molecule has 276 valence electrons. The second kappa shape index (κ2) is 12.8. The zero-order chi connectivity index (χ0) is 39.2. The first-order valence-electron chi connectivity index (χ1n) is 20.5. The number of hydrogen-bond acceptors (Lipinski definition) is 2. The summed E-state index contributed by atoms with van der Waals surface area (Å²) in [6.07, 6.45) is 0. The third kappa shape index (κ3) is 5.34. The highest BCUT2D eigenvalue weighted by atomic mass is 14.9. The van der Waals surface area contributed by atoms with Crippen LogP contribution in [0.15, 0.2) is 194 Å². The molecule has 2 nitrogen and oxygen atoms in total. The van der Waals surface area contributed by atoms with E-state index in [2.05, 4.69) is 202 Å². The predicted octanol–water partition coefficient (Wildman–Crippen LogP) is 15.2. The van der Waals surface area contributed by atoms with Crippen molar-refractivity contribution in [3.05, 3.63) is 205 Å². The van der Waals surface area contributed by atoms with E-state index in [0.717, 1.165) is 33.9 Å². The van der Waals surface area contributed by atoms with E-state index in [0.29, 0.717) is 0 Å². The number of aromatic nitrogens is 2. The van der Waals surface area contributed by atoms with Gasteiger partial charge >= 0.3 is 0 Å². The molecule has 1 heterocycles. The number of rotatable bonds is 5. The molecule has 1 aliphatic rings. The van der Waals surface area contributed by atoms with Crippen molar-refractivity contribution < 1.29 is 0 Å². The lowest BCUT2D eigenvalue weighted by molar-refractivity contribution is 0.661. The molecule has 11 aromatic rings. The average molecular weight is 751 g/mol. The fourth-order valence-electron chi connectivity index (χ4n) is 9.71. The van der Waals surface area contributed by atoms with Gasteiger partial charge < -0.3 is 0 Å². The third-order valence-corrected chi connectivity index (χ3v) is 12.8. The first-order valence-corrected chi connectivity index (χ1v) is 20.5. The molecule has 0 aliphatic heterocycles. The molecule has 0 saturated heterocycles. The summed E-state index contributed by atoms with van der Waals surface area (Å²) >= 11 is 0. The van der Waals surface area contributed by atoms with Crippen LogP contribution < -0.4 is 0 Å². The normalized spacial score (nSPS) is 13.1. The van der Waals surface area contributed by atoms with Gasteiger partial charge in [-0.2, -0.15) is 0 Å². The Labute approximate surface area is 343 Å². The van der Waals surface area contributed by atoms with Gasteiger partial charge in [0.05, 0.1) is 11.4 Å². The maximum Gasteiger partial charge on any atom is 0.160 e. The molecule has 59 heavy (non-hydrogen) atoms. The van der Waals surface area contributed by atoms with Gasteiger partial charge in [0.25, 0.3) is 0 Å². The monoisotopic (exact) mass is 750 g/mol. The molecule has 0 fully saturated rings. The number of fused-ring (bicyclic) bond motifs is 4. The second-order valence-corrected chi connectivity index (χ2v) is 16.6. The van der Waals surface area contributed by atoms with Crippen LogP contribution in [-0.4, -0.2) is 9.97 Å². The maximum absolute atomic E-state index is 5.23. The molecular formula is C57H38N2. The van der Waals surface area contributed by atoms with Gasteiger partial charge in [0, 0.05) is 22.1 Å². The molecule has 0 unspecified atom stereocenters. The van der Waals surface area contributed by atoms with Crippen molar-refractivity contribution in [3.8, 4) is 67.3 Å². The number of nitrogens with zero attached hydrogens (tertiary/aromatic N) is 2. The van der Waals surface area contributed by atoms with Crippen molar-refractivity contribution in [3.63, 3.8) is 0 Å². The van der Waals surface area contributed by atoms with Crippen LogP contribution in [0.25, 0.3) is 110 Å². The highest BCUT2D eigenvalue weighted by Gasteiger charge is 2.36. The Morgan fingerprint density at radius 2 is 0.831 bits per heavy atom. The van der Waals surface area contributed by atoms with E-state index in [-0.39, 0.29) is 5.41 Å². The van der Waals surface area contributed by atoms with Crippen LogP contribution in [0, 0.1) is 0 Å². The van der Waals surface area contributed by atoms with Crippen LogP contribution in [-0.2, 0) is 5.41 Å².